The van der Waals surface area contributed by atoms with Crippen LogP contribution in [0.1, 0.15) is 5.82 Å². The number of aromatic amines is 1. The first-order chi connectivity index (χ1) is 7.34. The van der Waals surface area contributed by atoms with Crippen molar-refractivity contribution in [1.82, 2.24) is 15.0 Å². The topological polar surface area (TPSA) is 53.6 Å². The standard InChI is InChI=1S/C10H11FN4/c11-9-7-8(1-3-13-9)12-4-2-10-14-5-6-15-10/h1,3,5-7H,2,4H2,(H,12,13)(H,14,15). The van der Waals surface area contributed by atoms with Crippen molar-refractivity contribution >= 4 is 5.69 Å². The van der Waals surface area contributed by atoms with E-state index < -0.39 is 5.95 Å². The van der Waals surface area contributed by atoms with E-state index in [2.05, 4.69) is 20.3 Å². The molecule has 2 N–H and O–H groups in total. The molecule has 0 aliphatic rings. The van der Waals surface area contributed by atoms with Gasteiger partial charge >= 0.3 is 0 Å². The lowest BCUT2D eigenvalue weighted by molar-refractivity contribution is 0.584. The van der Waals surface area contributed by atoms with Gasteiger partial charge in [0.25, 0.3) is 0 Å². The second kappa shape index (κ2) is 4.54. The Morgan fingerprint density at radius 3 is 3.00 bits per heavy atom. The van der Waals surface area contributed by atoms with E-state index in [1.54, 1.807) is 18.5 Å². The summed E-state index contributed by atoms with van der Waals surface area (Å²) in [5.74, 6) is 0.440. The SMILES string of the molecule is Fc1cc(NCCc2ncc[nH]2)ccn1. The number of H-pyrrole nitrogens is 1. The Morgan fingerprint density at radius 1 is 1.33 bits per heavy atom. The van der Waals surface area contributed by atoms with Crippen molar-refractivity contribution in [1.29, 1.82) is 0 Å². The zero-order chi connectivity index (χ0) is 10.5. The van der Waals surface area contributed by atoms with E-state index in [4.69, 9.17) is 0 Å². The van der Waals surface area contributed by atoms with Gasteiger partial charge in [-0.2, -0.15) is 4.39 Å². The van der Waals surface area contributed by atoms with Crippen molar-refractivity contribution in [3.8, 4) is 0 Å². The van der Waals surface area contributed by atoms with Crippen molar-refractivity contribution in [2.24, 2.45) is 0 Å². The fourth-order valence-electron chi connectivity index (χ4n) is 1.27. The van der Waals surface area contributed by atoms with Crippen LogP contribution in [0, 0.1) is 5.95 Å². The van der Waals surface area contributed by atoms with Gasteiger partial charge in [-0.15, -0.1) is 0 Å². The van der Waals surface area contributed by atoms with Crippen LogP contribution in [0.3, 0.4) is 0 Å². The number of anilines is 1. The van der Waals surface area contributed by atoms with Crippen molar-refractivity contribution < 1.29 is 4.39 Å². The predicted octanol–water partition coefficient (Wildman–Crippen LogP) is 1.60. The van der Waals surface area contributed by atoms with Crippen molar-refractivity contribution in [2.75, 3.05) is 11.9 Å². The third-order valence-electron chi connectivity index (χ3n) is 1.97. The van der Waals surface area contributed by atoms with E-state index >= 15 is 0 Å². The van der Waals surface area contributed by atoms with Crippen LogP contribution in [0.4, 0.5) is 10.1 Å². The number of hydrogen-bond acceptors (Lipinski definition) is 3. The zero-order valence-corrected chi connectivity index (χ0v) is 8.07. The summed E-state index contributed by atoms with van der Waals surface area (Å²) in [6.45, 7) is 0.705. The molecule has 2 aromatic heterocycles. The van der Waals surface area contributed by atoms with Crippen LogP contribution in [-0.4, -0.2) is 21.5 Å². The fraction of sp³-hybridized carbons (Fsp3) is 0.200. The second-order valence-electron chi connectivity index (χ2n) is 3.08. The summed E-state index contributed by atoms with van der Waals surface area (Å²) in [4.78, 5) is 10.6. The molecule has 0 aromatic carbocycles. The number of pyridine rings is 1. The highest BCUT2D eigenvalue weighted by Gasteiger charge is 1.96. The van der Waals surface area contributed by atoms with Crippen LogP contribution in [0.15, 0.2) is 30.7 Å². The van der Waals surface area contributed by atoms with Crippen LogP contribution in [-0.2, 0) is 6.42 Å². The fourth-order valence-corrected chi connectivity index (χ4v) is 1.27. The Bertz CT molecular complexity index is 413. The number of aromatic nitrogens is 3. The quantitative estimate of drug-likeness (QED) is 0.747. The summed E-state index contributed by atoms with van der Waals surface area (Å²) in [5, 5.41) is 3.08. The lowest BCUT2D eigenvalue weighted by atomic mass is 10.3. The molecule has 5 heteroatoms. The van der Waals surface area contributed by atoms with Gasteiger partial charge in [-0.25, -0.2) is 9.97 Å². The molecule has 0 spiro atoms. The first-order valence-corrected chi connectivity index (χ1v) is 4.68. The molecule has 2 heterocycles. The van der Waals surface area contributed by atoms with Crippen LogP contribution < -0.4 is 5.32 Å². The van der Waals surface area contributed by atoms with Gasteiger partial charge in [0.2, 0.25) is 5.95 Å². The number of nitrogens with zero attached hydrogens (tertiary/aromatic N) is 2. The molecular weight excluding hydrogens is 195 g/mol. The number of hydrogen-bond donors (Lipinski definition) is 2. The summed E-state index contributed by atoms with van der Waals surface area (Å²) < 4.78 is 12.7. The number of nitrogens with one attached hydrogen (secondary N) is 2. The molecule has 0 aliphatic heterocycles. The summed E-state index contributed by atoms with van der Waals surface area (Å²) in [7, 11) is 0. The first-order valence-electron chi connectivity index (χ1n) is 4.68. The van der Waals surface area contributed by atoms with Crippen molar-refractivity contribution in [3.63, 3.8) is 0 Å². The zero-order valence-electron chi connectivity index (χ0n) is 8.07. The molecule has 0 atom stereocenters. The van der Waals surface area contributed by atoms with Crippen LogP contribution in [0.25, 0.3) is 0 Å². The molecule has 4 nitrogen and oxygen atoms in total. The highest BCUT2D eigenvalue weighted by atomic mass is 19.1. The van der Waals surface area contributed by atoms with E-state index in [1.807, 2.05) is 0 Å². The average molecular weight is 206 g/mol. The summed E-state index contributed by atoms with van der Waals surface area (Å²) >= 11 is 0. The molecule has 15 heavy (non-hydrogen) atoms. The largest absolute Gasteiger partial charge is 0.384 e. The van der Waals surface area contributed by atoms with Crippen molar-refractivity contribution in [2.45, 2.75) is 6.42 Å². The third kappa shape index (κ3) is 2.77. The summed E-state index contributed by atoms with van der Waals surface area (Å²) in [5.41, 5.74) is 0.731. The highest BCUT2D eigenvalue weighted by molar-refractivity contribution is 5.41. The molecular formula is C10H11FN4. The number of rotatable bonds is 4. The summed E-state index contributed by atoms with van der Waals surface area (Å²) in [6.07, 6.45) is 5.70. The Balaban J connectivity index is 1.83. The van der Waals surface area contributed by atoms with E-state index in [1.165, 1.54) is 12.3 Å². The highest BCUT2D eigenvalue weighted by Crippen LogP contribution is 2.06. The molecule has 78 valence electrons. The maximum Gasteiger partial charge on any atom is 0.214 e. The van der Waals surface area contributed by atoms with Gasteiger partial charge in [0.05, 0.1) is 0 Å². The lowest BCUT2D eigenvalue weighted by Gasteiger charge is -2.04. The molecule has 0 saturated carbocycles. The van der Waals surface area contributed by atoms with E-state index in [0.29, 0.717) is 6.54 Å². The maximum atomic E-state index is 12.7. The molecule has 0 saturated heterocycles. The van der Waals surface area contributed by atoms with Gasteiger partial charge in [-0.1, -0.05) is 0 Å². The van der Waals surface area contributed by atoms with Crippen LogP contribution in [0.2, 0.25) is 0 Å². The second-order valence-corrected chi connectivity index (χ2v) is 3.08. The Labute approximate surface area is 86.6 Å². The maximum absolute atomic E-state index is 12.7. The molecule has 0 fully saturated rings. The molecule has 2 rings (SSSR count). The van der Waals surface area contributed by atoms with Gasteiger partial charge < -0.3 is 10.3 Å². The van der Waals surface area contributed by atoms with E-state index in [0.717, 1.165) is 17.9 Å². The molecule has 2 aromatic rings. The molecule has 0 unspecified atom stereocenters. The Hall–Kier alpha value is -1.91. The van der Waals surface area contributed by atoms with Gasteiger partial charge in [-0.05, 0) is 6.07 Å². The van der Waals surface area contributed by atoms with E-state index in [-0.39, 0.29) is 0 Å². The average Bonchev–Trinajstić information content (AvgIpc) is 2.71. The minimum absolute atomic E-state index is 0.474. The van der Waals surface area contributed by atoms with Crippen LogP contribution in [0.5, 0.6) is 0 Å². The molecule has 0 radical (unpaired) electrons. The third-order valence-corrected chi connectivity index (χ3v) is 1.97. The van der Waals surface area contributed by atoms with Crippen LogP contribution >= 0.6 is 0 Å². The number of imidazole rings is 1. The minimum Gasteiger partial charge on any atom is -0.384 e. The van der Waals surface area contributed by atoms with Gasteiger partial charge in [0.15, 0.2) is 0 Å². The normalized spacial score (nSPS) is 10.2. The van der Waals surface area contributed by atoms with E-state index in [9.17, 15) is 4.39 Å². The lowest BCUT2D eigenvalue weighted by Crippen LogP contribution is -2.06. The Kier molecular flexibility index (Phi) is 2.92. The van der Waals surface area contributed by atoms with Gasteiger partial charge in [0, 0.05) is 43.3 Å². The first kappa shape index (κ1) is 9.64. The smallest absolute Gasteiger partial charge is 0.214 e. The monoisotopic (exact) mass is 206 g/mol. The minimum atomic E-state index is -0.474. The van der Waals surface area contributed by atoms with Crippen molar-refractivity contribution in [3.05, 3.63) is 42.5 Å². The Morgan fingerprint density at radius 2 is 2.27 bits per heavy atom. The van der Waals surface area contributed by atoms with Gasteiger partial charge in [-0.3, -0.25) is 0 Å². The molecule has 0 bridgehead atoms. The predicted molar refractivity (Wildman–Crippen MR) is 55.0 cm³/mol. The molecule has 0 amide bonds. The summed E-state index contributed by atoms with van der Waals surface area (Å²) in [6, 6.07) is 3.09. The number of halogens is 1. The molecule has 0 aliphatic carbocycles. The van der Waals surface area contributed by atoms with Gasteiger partial charge in [0.1, 0.15) is 5.82 Å².